The van der Waals surface area contributed by atoms with Crippen molar-refractivity contribution in [2.45, 2.75) is 0 Å². The van der Waals surface area contributed by atoms with Gasteiger partial charge in [0.25, 0.3) is 0 Å². The first kappa shape index (κ1) is 9.53. The largest absolute Gasteiger partial charge is 0.465 e. The van der Waals surface area contributed by atoms with E-state index in [0.29, 0.717) is 13.1 Å². The molecule has 0 aliphatic heterocycles. The van der Waals surface area contributed by atoms with Gasteiger partial charge in [0.05, 0.1) is 0 Å². The van der Waals surface area contributed by atoms with E-state index in [1.807, 2.05) is 0 Å². The molecule has 0 radical (unpaired) electrons. The Labute approximate surface area is 65.9 Å². The molecular weight excluding hydrogens is 142 g/mol. The molecule has 0 aromatic rings. The first-order valence-corrected chi connectivity index (χ1v) is 3.15. The Morgan fingerprint density at radius 3 is 2.64 bits per heavy atom. The lowest BCUT2D eigenvalue weighted by Crippen LogP contribution is -2.29. The zero-order valence-corrected chi connectivity index (χ0v) is 6.29. The van der Waals surface area contributed by atoms with Gasteiger partial charge in [-0.05, 0) is 6.08 Å². The van der Waals surface area contributed by atoms with Gasteiger partial charge in [0.15, 0.2) is 0 Å². The molecule has 0 aliphatic carbocycles. The molecule has 3 nitrogen and oxygen atoms in total. The number of carbonyl (C=O) groups is 1. The maximum absolute atomic E-state index is 10.4. The molecule has 1 N–H and O–H groups in total. The van der Waals surface area contributed by atoms with Crippen molar-refractivity contribution in [2.24, 2.45) is 0 Å². The average molecular weight is 153 g/mol. The molecule has 0 saturated carbocycles. The molecule has 1 amide bonds. The second kappa shape index (κ2) is 5.33. The Morgan fingerprint density at radius 2 is 2.27 bits per heavy atom. The number of hydrogen-bond donors (Lipinski definition) is 1. The van der Waals surface area contributed by atoms with Gasteiger partial charge in [0.2, 0.25) is 0 Å². The van der Waals surface area contributed by atoms with Gasteiger partial charge in [-0.15, -0.1) is 12.3 Å². The van der Waals surface area contributed by atoms with Crippen LogP contribution in [0.25, 0.3) is 0 Å². The number of nitrogens with zero attached hydrogens (tertiary/aromatic N) is 1. The summed E-state index contributed by atoms with van der Waals surface area (Å²) in [5.41, 5.74) is 2.50. The van der Waals surface area contributed by atoms with E-state index in [2.05, 4.69) is 18.9 Å². The fourth-order valence-corrected chi connectivity index (χ4v) is 0.561. The summed E-state index contributed by atoms with van der Waals surface area (Å²) in [4.78, 5) is 11.6. The van der Waals surface area contributed by atoms with Crippen LogP contribution < -0.4 is 0 Å². The molecule has 0 bridgehead atoms. The van der Waals surface area contributed by atoms with E-state index in [-0.39, 0.29) is 0 Å². The molecule has 0 rings (SSSR count). The first-order chi connectivity index (χ1) is 5.22. The zero-order valence-electron chi connectivity index (χ0n) is 6.29. The highest BCUT2D eigenvalue weighted by molar-refractivity contribution is 5.65. The molecule has 0 aromatic heterocycles. The molecule has 0 unspecified atom stereocenters. The molecule has 60 valence electrons. The molecule has 0 fully saturated rings. The predicted octanol–water partition coefficient (Wildman–Crippen LogP) is 1.49. The molecule has 0 aliphatic rings. The third-order valence-electron chi connectivity index (χ3n) is 1.08. The van der Waals surface area contributed by atoms with Crippen LogP contribution >= 0.6 is 0 Å². The monoisotopic (exact) mass is 153 g/mol. The van der Waals surface area contributed by atoms with Crippen LogP contribution in [0.1, 0.15) is 0 Å². The van der Waals surface area contributed by atoms with Crippen molar-refractivity contribution < 1.29 is 9.90 Å². The van der Waals surface area contributed by atoms with Crippen LogP contribution in [0.4, 0.5) is 4.79 Å². The van der Waals surface area contributed by atoms with E-state index >= 15 is 0 Å². The number of hydrogen-bond acceptors (Lipinski definition) is 1. The first-order valence-electron chi connectivity index (χ1n) is 3.15. The molecule has 0 heterocycles. The Kier molecular flexibility index (Phi) is 4.61. The molecule has 0 spiro atoms. The summed E-state index contributed by atoms with van der Waals surface area (Å²) < 4.78 is 0. The van der Waals surface area contributed by atoms with Gasteiger partial charge in [-0.1, -0.05) is 12.7 Å². The second-order valence-corrected chi connectivity index (χ2v) is 1.88. The molecular formula is C8H11NO2. The normalized spacial score (nSPS) is 8.00. The standard InChI is InChI=1S/C8H11NO2/c1-3-5-7-9(6-4-2)8(10)11/h4-5H,1-2,6-7H2,(H,10,11). The predicted molar refractivity (Wildman–Crippen MR) is 43.5 cm³/mol. The van der Waals surface area contributed by atoms with Gasteiger partial charge in [0.1, 0.15) is 0 Å². The maximum atomic E-state index is 10.4. The van der Waals surface area contributed by atoms with E-state index in [1.54, 1.807) is 6.08 Å². The summed E-state index contributed by atoms with van der Waals surface area (Å²) in [6.45, 7) is 7.40. The molecule has 0 aromatic carbocycles. The summed E-state index contributed by atoms with van der Waals surface area (Å²) in [7, 11) is 0. The lowest BCUT2D eigenvalue weighted by molar-refractivity contribution is 0.155. The van der Waals surface area contributed by atoms with Crippen molar-refractivity contribution >= 4 is 6.09 Å². The Bertz CT molecular complexity index is 192. The minimum absolute atomic E-state index is 0.310. The van der Waals surface area contributed by atoms with Gasteiger partial charge >= 0.3 is 6.09 Å². The minimum Gasteiger partial charge on any atom is -0.465 e. The summed E-state index contributed by atoms with van der Waals surface area (Å²) in [5, 5.41) is 8.54. The fraction of sp³-hybridized carbons (Fsp3) is 0.250. The highest BCUT2D eigenvalue weighted by atomic mass is 16.4. The lowest BCUT2D eigenvalue weighted by atomic mass is 10.5. The topological polar surface area (TPSA) is 40.5 Å². The van der Waals surface area contributed by atoms with E-state index in [9.17, 15) is 4.79 Å². The van der Waals surface area contributed by atoms with Gasteiger partial charge in [0, 0.05) is 13.1 Å². The molecule has 11 heavy (non-hydrogen) atoms. The van der Waals surface area contributed by atoms with Gasteiger partial charge in [-0.3, -0.25) is 0 Å². The van der Waals surface area contributed by atoms with Crippen LogP contribution in [-0.2, 0) is 0 Å². The van der Waals surface area contributed by atoms with E-state index in [4.69, 9.17) is 5.11 Å². The van der Waals surface area contributed by atoms with Crippen LogP contribution in [0.3, 0.4) is 0 Å². The highest BCUT2D eigenvalue weighted by Gasteiger charge is 2.05. The maximum Gasteiger partial charge on any atom is 0.407 e. The summed E-state index contributed by atoms with van der Waals surface area (Å²) in [6.07, 6.45) is 2.12. The van der Waals surface area contributed by atoms with Gasteiger partial charge in [-0.25, -0.2) is 4.79 Å². The van der Waals surface area contributed by atoms with Crippen molar-refractivity contribution in [2.75, 3.05) is 13.1 Å². The van der Waals surface area contributed by atoms with Crippen LogP contribution in [0, 0.1) is 0 Å². The molecule has 3 heteroatoms. The summed E-state index contributed by atoms with van der Waals surface area (Å²) in [6, 6.07) is 0. The van der Waals surface area contributed by atoms with Gasteiger partial charge < -0.3 is 10.0 Å². The van der Waals surface area contributed by atoms with E-state index < -0.39 is 6.09 Å². The van der Waals surface area contributed by atoms with Crippen LogP contribution in [0.5, 0.6) is 0 Å². The summed E-state index contributed by atoms with van der Waals surface area (Å²) >= 11 is 0. The fourth-order valence-electron chi connectivity index (χ4n) is 0.561. The number of amides is 1. The zero-order chi connectivity index (χ0) is 8.69. The van der Waals surface area contributed by atoms with E-state index in [1.165, 1.54) is 11.0 Å². The van der Waals surface area contributed by atoms with Crippen molar-refractivity contribution in [1.82, 2.24) is 4.90 Å². The number of carboxylic acid groups (broad SMARTS) is 1. The summed E-state index contributed by atoms with van der Waals surface area (Å²) in [5.74, 6) is 0. The molecule has 0 atom stereocenters. The van der Waals surface area contributed by atoms with Crippen LogP contribution in [-0.4, -0.2) is 29.2 Å². The van der Waals surface area contributed by atoms with E-state index in [0.717, 1.165) is 0 Å². The quantitative estimate of drug-likeness (QED) is 0.491. The third-order valence-corrected chi connectivity index (χ3v) is 1.08. The average Bonchev–Trinajstić information content (AvgIpc) is 1.97. The van der Waals surface area contributed by atoms with Crippen molar-refractivity contribution in [3.63, 3.8) is 0 Å². The Morgan fingerprint density at radius 1 is 1.64 bits per heavy atom. The van der Waals surface area contributed by atoms with Crippen molar-refractivity contribution in [3.8, 4) is 0 Å². The van der Waals surface area contributed by atoms with Crippen LogP contribution in [0.15, 0.2) is 31.0 Å². The smallest absolute Gasteiger partial charge is 0.407 e. The third kappa shape index (κ3) is 4.00. The van der Waals surface area contributed by atoms with Crippen molar-refractivity contribution in [1.29, 1.82) is 0 Å². The second-order valence-electron chi connectivity index (χ2n) is 1.88. The Balaban J connectivity index is 3.98. The highest BCUT2D eigenvalue weighted by Crippen LogP contribution is 1.89. The Hall–Kier alpha value is -1.47. The van der Waals surface area contributed by atoms with Crippen LogP contribution in [0.2, 0.25) is 0 Å². The lowest BCUT2D eigenvalue weighted by Gasteiger charge is -2.13. The van der Waals surface area contributed by atoms with Gasteiger partial charge in [-0.2, -0.15) is 0 Å². The SMILES string of the molecule is C=C=CCN(CC=C)C(=O)O. The molecule has 0 saturated heterocycles. The van der Waals surface area contributed by atoms with Crippen molar-refractivity contribution in [3.05, 3.63) is 31.0 Å². The minimum atomic E-state index is -0.962. The number of rotatable bonds is 4.